The number of carbonyl (C=O) groups excluding carboxylic acids is 2. The smallest absolute Gasteiger partial charge is 0.243 e. The molecule has 1 aromatic rings. The molecule has 1 rings (SSSR count). The molecule has 0 aromatic heterocycles. The summed E-state index contributed by atoms with van der Waals surface area (Å²) >= 11 is 0. The van der Waals surface area contributed by atoms with Gasteiger partial charge in [-0.3, -0.25) is 9.59 Å². The molecule has 0 spiro atoms. The number of hydrogen-bond acceptors (Lipinski definition) is 3. The monoisotopic (exact) mass is 278 g/mol. The fourth-order valence-electron chi connectivity index (χ4n) is 1.97. The van der Waals surface area contributed by atoms with Crippen LogP contribution in [0.2, 0.25) is 0 Å². The molecule has 0 unspecified atom stereocenters. The molecule has 5 heteroatoms. The van der Waals surface area contributed by atoms with Crippen molar-refractivity contribution in [2.75, 3.05) is 32.1 Å². The van der Waals surface area contributed by atoms with Gasteiger partial charge < -0.3 is 15.0 Å². The van der Waals surface area contributed by atoms with E-state index in [0.717, 1.165) is 16.8 Å². The maximum atomic E-state index is 12.0. The molecule has 1 aromatic carbocycles. The van der Waals surface area contributed by atoms with Gasteiger partial charge in [0.1, 0.15) is 0 Å². The molecule has 0 atom stereocenters. The first-order valence-corrected chi connectivity index (χ1v) is 6.55. The molecule has 5 nitrogen and oxygen atoms in total. The average Bonchev–Trinajstić information content (AvgIpc) is 2.32. The van der Waals surface area contributed by atoms with E-state index in [1.165, 1.54) is 11.8 Å². The molecule has 1 N–H and O–H groups in total. The molecule has 110 valence electrons. The van der Waals surface area contributed by atoms with E-state index < -0.39 is 0 Å². The standard InChI is InChI=1S/C15H22N2O3/c1-11-7-12(2)9-14(8-11)16-15(19)10-17(13(3)18)5-6-20-4/h7-9H,5-6,10H2,1-4H3,(H,16,19). The molecular weight excluding hydrogens is 256 g/mol. The van der Waals surface area contributed by atoms with Crippen molar-refractivity contribution < 1.29 is 14.3 Å². The molecule has 20 heavy (non-hydrogen) atoms. The molecule has 0 fully saturated rings. The van der Waals surface area contributed by atoms with E-state index in [0.29, 0.717) is 13.2 Å². The molecule has 0 saturated carbocycles. The summed E-state index contributed by atoms with van der Waals surface area (Å²) in [4.78, 5) is 24.9. The Morgan fingerprint density at radius 1 is 1.20 bits per heavy atom. The molecule has 0 heterocycles. The lowest BCUT2D eigenvalue weighted by atomic mass is 10.1. The number of amides is 2. The molecule has 0 aliphatic carbocycles. The van der Waals surface area contributed by atoms with Gasteiger partial charge in [0.25, 0.3) is 0 Å². The van der Waals surface area contributed by atoms with Crippen LogP contribution in [0.3, 0.4) is 0 Å². The highest BCUT2D eigenvalue weighted by Gasteiger charge is 2.13. The highest BCUT2D eigenvalue weighted by molar-refractivity contribution is 5.94. The molecule has 0 aliphatic rings. The first kappa shape index (κ1) is 16.2. The van der Waals surface area contributed by atoms with Gasteiger partial charge in [-0.1, -0.05) is 6.07 Å². The average molecular weight is 278 g/mol. The summed E-state index contributed by atoms with van der Waals surface area (Å²) in [7, 11) is 1.56. The van der Waals surface area contributed by atoms with Crippen LogP contribution in [0.15, 0.2) is 18.2 Å². The lowest BCUT2D eigenvalue weighted by Crippen LogP contribution is -2.38. The van der Waals surface area contributed by atoms with Gasteiger partial charge in [0.2, 0.25) is 11.8 Å². The molecular formula is C15H22N2O3. The van der Waals surface area contributed by atoms with E-state index in [2.05, 4.69) is 5.32 Å². The van der Waals surface area contributed by atoms with Crippen molar-refractivity contribution in [2.45, 2.75) is 20.8 Å². The predicted octanol–water partition coefficient (Wildman–Crippen LogP) is 1.74. The normalized spacial score (nSPS) is 10.2. The van der Waals surface area contributed by atoms with E-state index in [9.17, 15) is 9.59 Å². The van der Waals surface area contributed by atoms with E-state index in [1.807, 2.05) is 32.0 Å². The van der Waals surface area contributed by atoms with Crippen molar-refractivity contribution in [3.8, 4) is 0 Å². The van der Waals surface area contributed by atoms with Crippen molar-refractivity contribution in [3.63, 3.8) is 0 Å². The first-order valence-electron chi connectivity index (χ1n) is 6.55. The largest absolute Gasteiger partial charge is 0.383 e. The number of nitrogens with one attached hydrogen (secondary N) is 1. The Hall–Kier alpha value is -1.88. The summed E-state index contributed by atoms with van der Waals surface area (Å²) in [5, 5.41) is 2.81. The second-order valence-electron chi connectivity index (χ2n) is 4.86. The Kier molecular flexibility index (Phi) is 6.18. The van der Waals surface area contributed by atoms with E-state index in [1.54, 1.807) is 7.11 Å². The van der Waals surface area contributed by atoms with Crippen LogP contribution >= 0.6 is 0 Å². The lowest BCUT2D eigenvalue weighted by Gasteiger charge is -2.20. The third-order valence-electron chi connectivity index (χ3n) is 2.85. The zero-order valence-electron chi connectivity index (χ0n) is 12.5. The van der Waals surface area contributed by atoms with Crippen LogP contribution in [-0.2, 0) is 14.3 Å². The second-order valence-corrected chi connectivity index (χ2v) is 4.86. The van der Waals surface area contributed by atoms with Crippen molar-refractivity contribution in [3.05, 3.63) is 29.3 Å². The van der Waals surface area contributed by atoms with Crippen LogP contribution in [0, 0.1) is 13.8 Å². The second kappa shape index (κ2) is 7.65. The summed E-state index contributed by atoms with van der Waals surface area (Å²) < 4.78 is 4.93. The number of benzene rings is 1. The van der Waals surface area contributed by atoms with Gasteiger partial charge >= 0.3 is 0 Å². The third-order valence-corrected chi connectivity index (χ3v) is 2.85. The number of rotatable bonds is 6. The zero-order chi connectivity index (χ0) is 15.1. The Balaban J connectivity index is 2.63. The minimum absolute atomic E-state index is 0.0334. The Bertz CT molecular complexity index is 466. The number of nitrogens with zero attached hydrogens (tertiary/aromatic N) is 1. The van der Waals surface area contributed by atoms with Crippen molar-refractivity contribution >= 4 is 17.5 Å². The highest BCUT2D eigenvalue weighted by atomic mass is 16.5. The number of hydrogen-bond donors (Lipinski definition) is 1. The van der Waals surface area contributed by atoms with Crippen LogP contribution in [0.4, 0.5) is 5.69 Å². The number of anilines is 1. The summed E-state index contributed by atoms with van der Waals surface area (Å²) in [6.07, 6.45) is 0. The van der Waals surface area contributed by atoms with Crippen LogP contribution in [0.5, 0.6) is 0 Å². The van der Waals surface area contributed by atoms with Gasteiger partial charge in [0.05, 0.1) is 13.2 Å². The van der Waals surface area contributed by atoms with Gasteiger partial charge in [-0.25, -0.2) is 0 Å². The maximum Gasteiger partial charge on any atom is 0.243 e. The van der Waals surface area contributed by atoms with Gasteiger partial charge in [-0.2, -0.15) is 0 Å². The van der Waals surface area contributed by atoms with Crippen molar-refractivity contribution in [1.29, 1.82) is 0 Å². The Labute approximate surface area is 119 Å². The van der Waals surface area contributed by atoms with E-state index in [-0.39, 0.29) is 18.4 Å². The van der Waals surface area contributed by atoms with Crippen molar-refractivity contribution in [1.82, 2.24) is 4.90 Å². The zero-order valence-corrected chi connectivity index (χ0v) is 12.5. The van der Waals surface area contributed by atoms with Crippen LogP contribution < -0.4 is 5.32 Å². The van der Waals surface area contributed by atoms with Gasteiger partial charge in [0, 0.05) is 26.3 Å². The molecule has 0 bridgehead atoms. The Morgan fingerprint density at radius 3 is 2.30 bits per heavy atom. The molecule has 0 aliphatic heterocycles. The Morgan fingerprint density at radius 2 is 1.80 bits per heavy atom. The predicted molar refractivity (Wildman–Crippen MR) is 78.7 cm³/mol. The first-order chi connectivity index (χ1) is 9.42. The SMILES string of the molecule is COCCN(CC(=O)Nc1cc(C)cc(C)c1)C(C)=O. The van der Waals surface area contributed by atoms with E-state index in [4.69, 9.17) is 4.74 Å². The van der Waals surface area contributed by atoms with E-state index >= 15 is 0 Å². The molecule has 2 amide bonds. The van der Waals surface area contributed by atoms with Crippen LogP contribution in [0.25, 0.3) is 0 Å². The summed E-state index contributed by atoms with van der Waals surface area (Å²) in [5.41, 5.74) is 2.92. The van der Waals surface area contributed by atoms with Crippen molar-refractivity contribution in [2.24, 2.45) is 0 Å². The number of aryl methyl sites for hydroxylation is 2. The summed E-state index contributed by atoms with van der Waals surface area (Å²) in [6.45, 7) is 6.25. The minimum atomic E-state index is -0.207. The number of methoxy groups -OCH3 is 1. The fraction of sp³-hybridized carbons (Fsp3) is 0.467. The number of carbonyl (C=O) groups is 2. The third kappa shape index (κ3) is 5.40. The van der Waals surface area contributed by atoms with Gasteiger partial charge in [-0.05, 0) is 37.1 Å². The molecule has 0 saturated heterocycles. The lowest BCUT2D eigenvalue weighted by molar-refractivity contribution is -0.133. The number of ether oxygens (including phenoxy) is 1. The maximum absolute atomic E-state index is 12.0. The molecule has 0 radical (unpaired) electrons. The highest BCUT2D eigenvalue weighted by Crippen LogP contribution is 2.13. The quantitative estimate of drug-likeness (QED) is 0.862. The topological polar surface area (TPSA) is 58.6 Å². The van der Waals surface area contributed by atoms with Crippen LogP contribution in [0.1, 0.15) is 18.1 Å². The van der Waals surface area contributed by atoms with Crippen LogP contribution in [-0.4, -0.2) is 43.5 Å². The fourth-order valence-corrected chi connectivity index (χ4v) is 1.97. The minimum Gasteiger partial charge on any atom is -0.383 e. The van der Waals surface area contributed by atoms with Gasteiger partial charge in [-0.15, -0.1) is 0 Å². The van der Waals surface area contributed by atoms with Gasteiger partial charge in [0.15, 0.2) is 0 Å². The summed E-state index contributed by atoms with van der Waals surface area (Å²) in [6, 6.07) is 5.84. The summed E-state index contributed by atoms with van der Waals surface area (Å²) in [5.74, 6) is -0.348.